The van der Waals surface area contributed by atoms with E-state index in [9.17, 15) is 38.4 Å². The van der Waals surface area contributed by atoms with E-state index in [0.717, 1.165) is 44.9 Å². The van der Waals surface area contributed by atoms with Crippen molar-refractivity contribution in [3.8, 4) is 0 Å². The fourth-order valence-electron chi connectivity index (χ4n) is 5.08. The van der Waals surface area contributed by atoms with Gasteiger partial charge in [-0.1, -0.05) is 12.8 Å². The minimum Gasteiger partial charge on any atom is -0.460 e. The summed E-state index contributed by atoms with van der Waals surface area (Å²) < 4.78 is 21.9. The SMILES string of the molecule is CC(C)(C)OC(=O)CCCCCCC(=O)NCCCOCCCCOCCCNC(=O)CCC(=O)N[C@@H](CCC(=O)ON1C(=O)CCC1=O)C(=O)OC(C)(C)C. The van der Waals surface area contributed by atoms with Crippen molar-refractivity contribution in [1.29, 1.82) is 0 Å². The number of nitrogens with zero attached hydrogens (tertiary/aromatic N) is 1. The number of imide groups is 1. The third kappa shape index (κ3) is 26.6. The molecule has 0 saturated carbocycles. The van der Waals surface area contributed by atoms with E-state index in [0.29, 0.717) is 63.8 Å². The first kappa shape index (κ1) is 49.9. The number of hydrogen-bond acceptors (Lipinski definition) is 13. The first-order valence-electron chi connectivity index (χ1n) is 19.9. The Hall–Kier alpha value is -4.12. The summed E-state index contributed by atoms with van der Waals surface area (Å²) in [4.78, 5) is 102. The molecular formula is C39H66N4O13. The van der Waals surface area contributed by atoms with Crippen LogP contribution < -0.4 is 16.0 Å². The van der Waals surface area contributed by atoms with Gasteiger partial charge in [0.25, 0.3) is 11.8 Å². The third-order valence-electron chi connectivity index (χ3n) is 7.80. The number of esters is 2. The summed E-state index contributed by atoms with van der Waals surface area (Å²) in [5, 5.41) is 8.53. The first-order valence-corrected chi connectivity index (χ1v) is 19.9. The molecule has 0 unspecified atom stereocenters. The molecule has 1 saturated heterocycles. The summed E-state index contributed by atoms with van der Waals surface area (Å²) in [6.45, 7) is 13.6. The molecule has 1 heterocycles. The van der Waals surface area contributed by atoms with Gasteiger partial charge in [-0.15, -0.1) is 5.06 Å². The lowest BCUT2D eigenvalue weighted by Gasteiger charge is -2.24. The second kappa shape index (κ2) is 27.5. The lowest BCUT2D eigenvalue weighted by atomic mass is 10.1. The zero-order valence-electron chi connectivity index (χ0n) is 34.4. The number of hydrogen-bond donors (Lipinski definition) is 3. The molecule has 1 aliphatic rings. The van der Waals surface area contributed by atoms with E-state index in [1.165, 1.54) is 0 Å². The Morgan fingerprint density at radius 1 is 0.571 bits per heavy atom. The molecule has 320 valence electrons. The normalized spacial score (nSPS) is 13.6. The number of amides is 5. The van der Waals surface area contributed by atoms with E-state index in [-0.39, 0.29) is 56.3 Å². The monoisotopic (exact) mass is 798 g/mol. The molecule has 0 spiro atoms. The highest BCUT2D eigenvalue weighted by molar-refractivity contribution is 6.01. The lowest BCUT2D eigenvalue weighted by Crippen LogP contribution is -2.45. The maximum Gasteiger partial charge on any atom is 0.333 e. The van der Waals surface area contributed by atoms with Crippen LogP contribution in [0.4, 0.5) is 0 Å². The number of ether oxygens (including phenoxy) is 4. The Morgan fingerprint density at radius 3 is 1.59 bits per heavy atom. The van der Waals surface area contributed by atoms with Crippen LogP contribution in [0, 0.1) is 0 Å². The summed E-state index contributed by atoms with van der Waals surface area (Å²) in [6, 6.07) is -1.22. The number of carbonyl (C=O) groups excluding carboxylic acids is 8. The molecule has 1 atom stereocenters. The van der Waals surface area contributed by atoms with E-state index in [1.54, 1.807) is 20.8 Å². The molecule has 17 nitrogen and oxygen atoms in total. The van der Waals surface area contributed by atoms with Crippen molar-refractivity contribution in [2.24, 2.45) is 0 Å². The summed E-state index contributed by atoms with van der Waals surface area (Å²) in [5.74, 6) is -4.07. The van der Waals surface area contributed by atoms with Crippen molar-refractivity contribution in [1.82, 2.24) is 21.0 Å². The Morgan fingerprint density at radius 2 is 1.05 bits per heavy atom. The van der Waals surface area contributed by atoms with E-state index in [2.05, 4.69) is 16.0 Å². The number of nitrogens with one attached hydrogen (secondary N) is 3. The molecule has 1 fully saturated rings. The standard InChI is InChI=1S/C39H66N4O13/c1-38(2,3)54-35(49)16-10-8-7-9-15-30(44)40-23-13-27-52-25-11-12-26-53-28-14-24-41-31(45)18-19-32(46)42-29(37(51)55-39(4,5)6)17-22-36(50)56-43-33(47)20-21-34(43)48/h29H,7-28H2,1-6H3,(H,40,44)(H,41,45)(H,42,46)/t29-/m0/s1. The van der Waals surface area contributed by atoms with Gasteiger partial charge in [0.1, 0.15) is 17.2 Å². The first-order chi connectivity index (χ1) is 26.4. The van der Waals surface area contributed by atoms with E-state index in [1.807, 2.05) is 20.8 Å². The van der Waals surface area contributed by atoms with Crippen molar-refractivity contribution in [3.63, 3.8) is 0 Å². The quantitative estimate of drug-likeness (QED) is 0.0561. The van der Waals surface area contributed by atoms with Crippen LogP contribution in [0.15, 0.2) is 0 Å². The van der Waals surface area contributed by atoms with Crippen molar-refractivity contribution < 1.29 is 62.1 Å². The molecule has 1 rings (SSSR count). The molecule has 3 N–H and O–H groups in total. The van der Waals surface area contributed by atoms with Crippen LogP contribution >= 0.6 is 0 Å². The van der Waals surface area contributed by atoms with Gasteiger partial charge < -0.3 is 39.7 Å². The van der Waals surface area contributed by atoms with Gasteiger partial charge in [0.2, 0.25) is 17.7 Å². The van der Waals surface area contributed by atoms with Crippen LogP contribution in [0.1, 0.15) is 144 Å². The summed E-state index contributed by atoms with van der Waals surface area (Å²) in [6.07, 6.45) is 6.14. The molecule has 56 heavy (non-hydrogen) atoms. The van der Waals surface area contributed by atoms with Crippen molar-refractivity contribution >= 4 is 47.4 Å². The molecule has 0 aromatic heterocycles. The molecule has 17 heteroatoms. The Balaban J connectivity index is 2.06. The number of carbonyl (C=O) groups is 8. The second-order valence-electron chi connectivity index (χ2n) is 15.6. The molecule has 5 amide bonds. The highest BCUT2D eigenvalue weighted by Gasteiger charge is 2.34. The smallest absolute Gasteiger partial charge is 0.333 e. The Labute approximate surface area is 331 Å². The highest BCUT2D eigenvalue weighted by Crippen LogP contribution is 2.16. The largest absolute Gasteiger partial charge is 0.460 e. The summed E-state index contributed by atoms with van der Waals surface area (Å²) >= 11 is 0. The number of hydroxylamine groups is 2. The maximum absolute atomic E-state index is 12.7. The molecule has 0 radical (unpaired) electrons. The van der Waals surface area contributed by atoms with Gasteiger partial charge in [0, 0.05) is 78.0 Å². The summed E-state index contributed by atoms with van der Waals surface area (Å²) in [7, 11) is 0. The average molecular weight is 799 g/mol. The van der Waals surface area contributed by atoms with Crippen LogP contribution in [0.25, 0.3) is 0 Å². The minimum absolute atomic E-state index is 0.0253. The fourth-order valence-corrected chi connectivity index (χ4v) is 5.08. The van der Waals surface area contributed by atoms with Crippen LogP contribution in [-0.4, -0.2) is 109 Å². The van der Waals surface area contributed by atoms with Crippen LogP contribution in [0.3, 0.4) is 0 Å². The van der Waals surface area contributed by atoms with E-state index in [4.69, 9.17) is 23.8 Å². The van der Waals surface area contributed by atoms with Crippen LogP contribution in [0.2, 0.25) is 0 Å². The minimum atomic E-state index is -1.22. The van der Waals surface area contributed by atoms with Gasteiger partial charge in [0.15, 0.2) is 0 Å². The fraction of sp³-hybridized carbons (Fsp3) is 0.795. The van der Waals surface area contributed by atoms with E-state index < -0.39 is 46.9 Å². The van der Waals surface area contributed by atoms with Gasteiger partial charge in [-0.3, -0.25) is 28.8 Å². The van der Waals surface area contributed by atoms with Gasteiger partial charge in [-0.2, -0.15) is 0 Å². The predicted octanol–water partition coefficient (Wildman–Crippen LogP) is 3.49. The number of rotatable bonds is 29. The Kier molecular flexibility index (Phi) is 24.5. The van der Waals surface area contributed by atoms with Crippen molar-refractivity contribution in [2.45, 2.75) is 162 Å². The molecule has 0 aromatic carbocycles. The van der Waals surface area contributed by atoms with Gasteiger partial charge in [0.05, 0.1) is 6.42 Å². The van der Waals surface area contributed by atoms with Gasteiger partial charge >= 0.3 is 17.9 Å². The maximum atomic E-state index is 12.7. The zero-order chi connectivity index (χ0) is 42.0. The molecule has 0 aromatic rings. The van der Waals surface area contributed by atoms with E-state index >= 15 is 0 Å². The van der Waals surface area contributed by atoms with Gasteiger partial charge in [-0.25, -0.2) is 9.59 Å². The average Bonchev–Trinajstić information content (AvgIpc) is 3.41. The Bertz CT molecular complexity index is 1260. The third-order valence-corrected chi connectivity index (χ3v) is 7.80. The molecule has 0 bridgehead atoms. The van der Waals surface area contributed by atoms with Crippen molar-refractivity contribution in [3.05, 3.63) is 0 Å². The highest BCUT2D eigenvalue weighted by atomic mass is 16.7. The van der Waals surface area contributed by atoms with Crippen LogP contribution in [-0.2, 0) is 62.1 Å². The lowest BCUT2D eigenvalue weighted by molar-refractivity contribution is -0.197. The molecule has 1 aliphatic heterocycles. The second-order valence-corrected chi connectivity index (χ2v) is 15.6. The van der Waals surface area contributed by atoms with Gasteiger partial charge in [-0.05, 0) is 86.5 Å². The zero-order valence-corrected chi connectivity index (χ0v) is 34.4. The number of unbranched alkanes of at least 4 members (excludes halogenated alkanes) is 4. The summed E-state index contributed by atoms with van der Waals surface area (Å²) in [5.41, 5.74) is -1.33. The molecule has 0 aliphatic carbocycles. The van der Waals surface area contributed by atoms with Crippen molar-refractivity contribution in [2.75, 3.05) is 39.5 Å². The predicted molar refractivity (Wildman–Crippen MR) is 203 cm³/mol. The topological polar surface area (TPSA) is 222 Å². The molecular weight excluding hydrogens is 732 g/mol. The van der Waals surface area contributed by atoms with Crippen LogP contribution in [0.5, 0.6) is 0 Å².